The number of fused-ring (bicyclic) bond motifs is 3. The summed E-state index contributed by atoms with van der Waals surface area (Å²) in [6.07, 6.45) is 2.01. The smallest absolute Gasteiger partial charge is 0.213 e. The Morgan fingerprint density at radius 1 is 1.17 bits per heavy atom. The van der Waals surface area contributed by atoms with E-state index in [1.165, 1.54) is 7.11 Å². The number of Topliss-reactive ketones (excluding diaryl/α,β-unsaturated/α-hetero) is 1. The van der Waals surface area contributed by atoms with Crippen LogP contribution < -0.4 is 9.68 Å². The van der Waals surface area contributed by atoms with Gasteiger partial charge in [0.15, 0.2) is 5.75 Å². The number of hydrogen-bond donors (Lipinski definition) is 0. The second kappa shape index (κ2) is 7.77. The average molecular weight is 323 g/mol. The van der Waals surface area contributed by atoms with Crippen molar-refractivity contribution in [1.29, 1.82) is 0 Å². The second-order valence-electron chi connectivity index (χ2n) is 6.81. The monoisotopic (exact) mass is 323 g/mol. The predicted molar refractivity (Wildman–Crippen MR) is 87.5 cm³/mol. The lowest BCUT2D eigenvalue weighted by Gasteiger charge is -2.40. The van der Waals surface area contributed by atoms with Crippen molar-refractivity contribution in [3.63, 3.8) is 0 Å². The summed E-state index contributed by atoms with van der Waals surface area (Å²) in [7, 11) is 1.48. The molecule has 128 valence electrons. The normalized spacial score (nSPS) is 20.3. The van der Waals surface area contributed by atoms with Crippen LogP contribution in [0.15, 0.2) is 12.1 Å². The minimum absolute atomic E-state index is 0.104. The zero-order valence-electron chi connectivity index (χ0n) is 14.4. The second-order valence-corrected chi connectivity index (χ2v) is 6.81. The molecule has 1 aromatic carbocycles. The van der Waals surface area contributed by atoms with E-state index in [-0.39, 0.29) is 11.8 Å². The van der Waals surface area contributed by atoms with Crippen LogP contribution in [-0.4, -0.2) is 30.9 Å². The molecule has 4 nitrogen and oxygen atoms in total. The third-order valence-electron chi connectivity index (χ3n) is 4.08. The highest BCUT2D eigenvalue weighted by Gasteiger charge is 2.33. The van der Waals surface area contributed by atoms with E-state index in [2.05, 4.69) is 30.6 Å². The standard InChI is InChI=1S/C14H16FNO3.C4H10/c1-18-13-8-11-9(6-14(13)19-15)2-4-16-5-3-10(17)7-12(11)16;1-4(2)3/h6,8,12H,2-5,7H2,1H3;4H,1-3H3. The van der Waals surface area contributed by atoms with Crippen molar-refractivity contribution in [2.45, 2.75) is 46.1 Å². The number of nitrogens with zero attached hydrogens (tertiary/aromatic N) is 1. The highest BCUT2D eigenvalue weighted by atomic mass is 19.3. The molecule has 2 aliphatic rings. The van der Waals surface area contributed by atoms with E-state index >= 15 is 0 Å². The Labute approximate surface area is 137 Å². The highest BCUT2D eigenvalue weighted by Crippen LogP contribution is 2.41. The number of rotatable bonds is 2. The van der Waals surface area contributed by atoms with Crippen molar-refractivity contribution in [2.24, 2.45) is 5.92 Å². The number of benzene rings is 1. The zero-order chi connectivity index (χ0) is 17.0. The minimum Gasteiger partial charge on any atom is -0.493 e. The molecule has 23 heavy (non-hydrogen) atoms. The van der Waals surface area contributed by atoms with E-state index in [4.69, 9.17) is 4.74 Å². The number of ketones is 1. The van der Waals surface area contributed by atoms with Gasteiger partial charge in [-0.2, -0.15) is 0 Å². The summed E-state index contributed by atoms with van der Waals surface area (Å²) in [5, 5.41) is 0. The molecule has 0 spiro atoms. The van der Waals surface area contributed by atoms with Crippen LogP contribution in [0.3, 0.4) is 0 Å². The Kier molecular flexibility index (Phi) is 5.99. The SMILES string of the molecule is CC(C)C.COc1cc2c(cc1OF)CCN1CCC(=O)CC21. The van der Waals surface area contributed by atoms with Crippen LogP contribution in [0.2, 0.25) is 0 Å². The molecule has 2 aliphatic heterocycles. The molecule has 1 fully saturated rings. The number of carbonyl (C=O) groups excluding carboxylic acids is 1. The molecule has 0 aliphatic carbocycles. The van der Waals surface area contributed by atoms with E-state index in [0.29, 0.717) is 24.4 Å². The number of methoxy groups -OCH3 is 1. The number of hydrogen-bond acceptors (Lipinski definition) is 4. The lowest BCUT2D eigenvalue weighted by molar-refractivity contribution is -0.123. The molecule has 0 radical (unpaired) electrons. The molecule has 1 saturated heterocycles. The molecule has 3 rings (SSSR count). The van der Waals surface area contributed by atoms with Crippen molar-refractivity contribution in [2.75, 3.05) is 20.2 Å². The van der Waals surface area contributed by atoms with Crippen molar-refractivity contribution < 1.29 is 19.0 Å². The molecular weight excluding hydrogens is 297 g/mol. The van der Waals surface area contributed by atoms with Crippen LogP contribution in [0.25, 0.3) is 0 Å². The summed E-state index contributed by atoms with van der Waals surface area (Å²) in [5.41, 5.74) is 2.11. The lowest BCUT2D eigenvalue weighted by Crippen LogP contribution is -2.41. The van der Waals surface area contributed by atoms with Gasteiger partial charge < -0.3 is 4.74 Å². The van der Waals surface area contributed by atoms with Gasteiger partial charge in [0.2, 0.25) is 5.75 Å². The van der Waals surface area contributed by atoms with Crippen LogP contribution in [0.1, 0.15) is 50.8 Å². The Hall–Kier alpha value is -1.62. The molecule has 0 aromatic heterocycles. The molecule has 0 bridgehead atoms. The maximum Gasteiger partial charge on any atom is 0.213 e. The van der Waals surface area contributed by atoms with E-state index < -0.39 is 0 Å². The number of piperidine rings is 1. The van der Waals surface area contributed by atoms with Crippen LogP contribution in [-0.2, 0) is 11.2 Å². The first-order valence-electron chi connectivity index (χ1n) is 8.21. The van der Waals surface area contributed by atoms with Gasteiger partial charge in [-0.1, -0.05) is 20.8 Å². The van der Waals surface area contributed by atoms with Crippen molar-refractivity contribution in [3.05, 3.63) is 23.3 Å². The topological polar surface area (TPSA) is 38.8 Å². The van der Waals surface area contributed by atoms with Gasteiger partial charge in [0.1, 0.15) is 5.78 Å². The predicted octanol–water partition coefficient (Wildman–Crippen LogP) is 3.88. The van der Waals surface area contributed by atoms with Gasteiger partial charge >= 0.3 is 0 Å². The third kappa shape index (κ3) is 4.22. The van der Waals surface area contributed by atoms with Crippen LogP contribution in [0.4, 0.5) is 4.53 Å². The largest absolute Gasteiger partial charge is 0.493 e. The van der Waals surface area contributed by atoms with E-state index in [1.54, 1.807) is 12.1 Å². The summed E-state index contributed by atoms with van der Waals surface area (Å²) in [6.45, 7) is 8.22. The van der Waals surface area contributed by atoms with E-state index in [1.807, 2.05) is 0 Å². The number of carbonyl (C=O) groups is 1. The fraction of sp³-hybridized carbons (Fsp3) is 0.611. The number of ether oxygens (including phenoxy) is 1. The average Bonchev–Trinajstić information content (AvgIpc) is 2.52. The van der Waals surface area contributed by atoms with Crippen LogP contribution in [0, 0.1) is 5.92 Å². The van der Waals surface area contributed by atoms with Gasteiger partial charge in [0, 0.05) is 36.5 Å². The maximum atomic E-state index is 12.5. The molecule has 5 heteroatoms. The first kappa shape index (κ1) is 17.7. The first-order valence-corrected chi connectivity index (χ1v) is 8.21. The zero-order valence-corrected chi connectivity index (χ0v) is 14.4. The molecule has 1 atom stereocenters. The van der Waals surface area contributed by atoms with Crippen LogP contribution in [0.5, 0.6) is 11.5 Å². The summed E-state index contributed by atoms with van der Waals surface area (Å²) in [5.74, 6) is 1.61. The summed E-state index contributed by atoms with van der Waals surface area (Å²) >= 11 is 0. The van der Waals surface area contributed by atoms with Gasteiger partial charge in [0.05, 0.1) is 7.11 Å². The quantitative estimate of drug-likeness (QED) is 0.828. The minimum atomic E-state index is 0.104. The van der Waals surface area contributed by atoms with Gasteiger partial charge in [-0.05, 0) is 35.6 Å². The Bertz CT molecular complexity index is 557. The maximum absolute atomic E-state index is 12.5. The lowest BCUT2D eigenvalue weighted by atomic mass is 9.86. The van der Waals surface area contributed by atoms with Gasteiger partial charge in [-0.3, -0.25) is 14.6 Å². The Balaban J connectivity index is 0.000000433. The fourth-order valence-corrected chi connectivity index (χ4v) is 3.07. The molecule has 0 saturated carbocycles. The van der Waals surface area contributed by atoms with Crippen molar-refractivity contribution in [1.82, 2.24) is 4.90 Å². The van der Waals surface area contributed by atoms with Gasteiger partial charge in [0.25, 0.3) is 0 Å². The Morgan fingerprint density at radius 3 is 2.43 bits per heavy atom. The summed E-state index contributed by atoms with van der Waals surface area (Å²) in [4.78, 5) is 17.8. The summed E-state index contributed by atoms with van der Waals surface area (Å²) < 4.78 is 17.6. The van der Waals surface area contributed by atoms with E-state index in [9.17, 15) is 9.32 Å². The molecule has 1 aromatic rings. The van der Waals surface area contributed by atoms with Gasteiger partial charge in [-0.25, -0.2) is 0 Å². The van der Waals surface area contributed by atoms with Gasteiger partial charge in [-0.15, -0.1) is 0 Å². The van der Waals surface area contributed by atoms with E-state index in [0.717, 1.165) is 36.6 Å². The molecule has 0 N–H and O–H groups in total. The van der Waals surface area contributed by atoms with Crippen molar-refractivity contribution in [3.8, 4) is 11.5 Å². The molecular formula is C18H26FNO3. The van der Waals surface area contributed by atoms with Crippen LogP contribution >= 0.6 is 0 Å². The highest BCUT2D eigenvalue weighted by molar-refractivity contribution is 5.80. The molecule has 0 amide bonds. The number of halogens is 1. The Morgan fingerprint density at radius 2 is 1.83 bits per heavy atom. The summed E-state index contributed by atoms with van der Waals surface area (Å²) in [6, 6.07) is 3.59. The van der Waals surface area contributed by atoms with Crippen molar-refractivity contribution >= 4 is 5.78 Å². The third-order valence-corrected chi connectivity index (χ3v) is 4.08. The molecule has 2 heterocycles. The fourth-order valence-electron chi connectivity index (χ4n) is 3.07. The molecule has 1 unspecified atom stereocenters. The first-order chi connectivity index (χ1) is 11.0.